The van der Waals surface area contributed by atoms with Gasteiger partial charge in [0, 0.05) is 38.7 Å². The first-order chi connectivity index (χ1) is 9.13. The third kappa shape index (κ3) is 3.12. The summed E-state index contributed by atoms with van der Waals surface area (Å²) in [4.78, 5) is 11.1. The van der Waals surface area contributed by atoms with E-state index in [0.717, 1.165) is 35.9 Å². The van der Waals surface area contributed by atoms with Crippen molar-refractivity contribution < 1.29 is 0 Å². The van der Waals surface area contributed by atoms with Gasteiger partial charge in [0.05, 0.1) is 6.54 Å². The van der Waals surface area contributed by atoms with E-state index < -0.39 is 0 Å². The van der Waals surface area contributed by atoms with Gasteiger partial charge in [0.25, 0.3) is 0 Å². The molecule has 2 heterocycles. The van der Waals surface area contributed by atoms with E-state index in [1.54, 1.807) is 0 Å². The molecule has 5 nitrogen and oxygen atoms in total. The van der Waals surface area contributed by atoms with E-state index in [1.807, 2.05) is 37.1 Å². The molecule has 0 aliphatic heterocycles. The molecule has 0 saturated carbocycles. The van der Waals surface area contributed by atoms with E-state index in [9.17, 15) is 0 Å². The van der Waals surface area contributed by atoms with Crippen molar-refractivity contribution in [2.75, 3.05) is 11.9 Å². The fraction of sp³-hybridized carbons (Fsp3) is 0.429. The second-order valence-electron chi connectivity index (χ2n) is 4.69. The minimum atomic E-state index is 0.540. The number of hydrogen-bond acceptors (Lipinski definition) is 4. The van der Waals surface area contributed by atoms with Crippen molar-refractivity contribution in [3.05, 3.63) is 41.6 Å². The van der Waals surface area contributed by atoms with Crippen molar-refractivity contribution in [3.8, 4) is 0 Å². The fourth-order valence-corrected chi connectivity index (χ4v) is 1.97. The smallest absolute Gasteiger partial charge is 0.129 e. The molecule has 5 heteroatoms. The number of imidazole rings is 1. The van der Waals surface area contributed by atoms with E-state index in [1.165, 1.54) is 0 Å². The monoisotopic (exact) mass is 259 g/mol. The van der Waals surface area contributed by atoms with Crippen molar-refractivity contribution in [1.29, 1.82) is 0 Å². The van der Waals surface area contributed by atoms with Gasteiger partial charge in [-0.15, -0.1) is 0 Å². The van der Waals surface area contributed by atoms with Crippen LogP contribution in [0.25, 0.3) is 0 Å². The van der Waals surface area contributed by atoms with Crippen LogP contribution in [0.4, 0.5) is 5.82 Å². The summed E-state index contributed by atoms with van der Waals surface area (Å²) >= 11 is 0. The average molecular weight is 259 g/mol. The second kappa shape index (κ2) is 5.84. The number of nitrogens with two attached hydrogens (primary N) is 1. The van der Waals surface area contributed by atoms with E-state index >= 15 is 0 Å². The number of pyridine rings is 1. The Labute approximate surface area is 114 Å². The lowest BCUT2D eigenvalue weighted by Gasteiger charge is -2.19. The largest absolute Gasteiger partial charge is 0.352 e. The Morgan fingerprint density at radius 1 is 1.37 bits per heavy atom. The highest BCUT2D eigenvalue weighted by Crippen LogP contribution is 2.16. The highest BCUT2D eigenvalue weighted by molar-refractivity contribution is 5.42. The summed E-state index contributed by atoms with van der Waals surface area (Å²) in [5.74, 6) is 1.96. The van der Waals surface area contributed by atoms with E-state index in [-0.39, 0.29) is 0 Å². The molecule has 2 aromatic rings. The molecule has 0 unspecified atom stereocenters. The zero-order valence-electron chi connectivity index (χ0n) is 11.8. The Bertz CT molecular complexity index is 524. The van der Waals surface area contributed by atoms with Crippen LogP contribution in [0.3, 0.4) is 0 Å². The second-order valence-corrected chi connectivity index (χ2v) is 4.69. The molecule has 0 aliphatic carbocycles. The minimum absolute atomic E-state index is 0.540. The normalized spacial score (nSPS) is 10.7. The predicted octanol–water partition coefficient (Wildman–Crippen LogP) is 1.47. The fourth-order valence-electron chi connectivity index (χ4n) is 1.97. The molecule has 2 N–H and O–H groups in total. The SMILES string of the molecule is CCc1cc(CN)cc(N(C)Cc2nccn2C)n1. The number of rotatable bonds is 5. The van der Waals surface area contributed by atoms with Gasteiger partial charge in [0.2, 0.25) is 0 Å². The standard InChI is InChI=1S/C14H21N5/c1-4-12-7-11(9-15)8-13(17-12)19(3)10-14-16-5-6-18(14)2/h5-8H,4,9-10,15H2,1-3H3. The lowest BCUT2D eigenvalue weighted by Crippen LogP contribution is -2.21. The maximum Gasteiger partial charge on any atom is 0.129 e. The molecule has 0 spiro atoms. The Hall–Kier alpha value is -1.88. The van der Waals surface area contributed by atoms with E-state index in [4.69, 9.17) is 5.73 Å². The Kier molecular flexibility index (Phi) is 4.16. The van der Waals surface area contributed by atoms with Gasteiger partial charge >= 0.3 is 0 Å². The van der Waals surface area contributed by atoms with Crippen LogP contribution in [0.1, 0.15) is 24.0 Å². The van der Waals surface area contributed by atoms with Crippen LogP contribution in [0.2, 0.25) is 0 Å². The van der Waals surface area contributed by atoms with Crippen LogP contribution in [0, 0.1) is 0 Å². The van der Waals surface area contributed by atoms with Crippen LogP contribution >= 0.6 is 0 Å². The van der Waals surface area contributed by atoms with Crippen LogP contribution in [0.15, 0.2) is 24.5 Å². The number of hydrogen-bond donors (Lipinski definition) is 1. The van der Waals surface area contributed by atoms with Crippen LogP contribution in [-0.2, 0) is 26.6 Å². The lowest BCUT2D eigenvalue weighted by molar-refractivity contribution is 0.752. The van der Waals surface area contributed by atoms with Crippen LogP contribution in [-0.4, -0.2) is 21.6 Å². The van der Waals surface area contributed by atoms with Gasteiger partial charge in [0.15, 0.2) is 0 Å². The molecular formula is C14H21N5. The molecular weight excluding hydrogens is 238 g/mol. The molecule has 0 fully saturated rings. The van der Waals surface area contributed by atoms with Crippen molar-refractivity contribution in [2.45, 2.75) is 26.4 Å². The van der Waals surface area contributed by atoms with Crippen LogP contribution < -0.4 is 10.6 Å². The first-order valence-corrected chi connectivity index (χ1v) is 6.51. The molecule has 0 aromatic carbocycles. The molecule has 0 radical (unpaired) electrons. The maximum atomic E-state index is 5.74. The highest BCUT2D eigenvalue weighted by atomic mass is 15.2. The molecule has 2 rings (SSSR count). The molecule has 0 aliphatic rings. The number of nitrogens with zero attached hydrogens (tertiary/aromatic N) is 4. The maximum absolute atomic E-state index is 5.74. The molecule has 0 bridgehead atoms. The zero-order valence-corrected chi connectivity index (χ0v) is 11.8. The van der Waals surface area contributed by atoms with Crippen molar-refractivity contribution in [3.63, 3.8) is 0 Å². The minimum Gasteiger partial charge on any atom is -0.352 e. The zero-order chi connectivity index (χ0) is 13.8. The summed E-state index contributed by atoms with van der Waals surface area (Å²) in [6.07, 6.45) is 4.67. The van der Waals surface area contributed by atoms with Gasteiger partial charge in [-0.2, -0.15) is 0 Å². The molecule has 0 saturated heterocycles. The van der Waals surface area contributed by atoms with Crippen molar-refractivity contribution in [1.82, 2.24) is 14.5 Å². The number of aromatic nitrogens is 3. The Balaban J connectivity index is 2.23. The van der Waals surface area contributed by atoms with Gasteiger partial charge in [-0.3, -0.25) is 0 Å². The summed E-state index contributed by atoms with van der Waals surface area (Å²) in [5, 5.41) is 0. The average Bonchev–Trinajstić information content (AvgIpc) is 2.83. The quantitative estimate of drug-likeness (QED) is 0.883. The van der Waals surface area contributed by atoms with Crippen molar-refractivity contribution >= 4 is 5.82 Å². The molecule has 102 valence electrons. The summed E-state index contributed by atoms with van der Waals surface area (Å²) < 4.78 is 2.02. The number of anilines is 1. The molecule has 2 aromatic heterocycles. The summed E-state index contributed by atoms with van der Waals surface area (Å²) in [6, 6.07) is 4.11. The lowest BCUT2D eigenvalue weighted by atomic mass is 10.2. The predicted molar refractivity (Wildman–Crippen MR) is 76.8 cm³/mol. The Morgan fingerprint density at radius 2 is 2.16 bits per heavy atom. The van der Waals surface area contributed by atoms with Gasteiger partial charge < -0.3 is 15.2 Å². The molecule has 0 amide bonds. The summed E-state index contributed by atoms with van der Waals surface area (Å²) in [6.45, 7) is 3.37. The van der Waals surface area contributed by atoms with E-state index in [0.29, 0.717) is 6.54 Å². The van der Waals surface area contributed by atoms with Gasteiger partial charge in [-0.05, 0) is 24.1 Å². The number of aryl methyl sites for hydroxylation is 2. The molecule has 0 atom stereocenters. The topological polar surface area (TPSA) is 60.0 Å². The summed E-state index contributed by atoms with van der Waals surface area (Å²) in [5.41, 5.74) is 7.93. The third-order valence-electron chi connectivity index (χ3n) is 3.21. The van der Waals surface area contributed by atoms with E-state index in [2.05, 4.69) is 27.9 Å². The van der Waals surface area contributed by atoms with Gasteiger partial charge in [-0.1, -0.05) is 6.92 Å². The van der Waals surface area contributed by atoms with Gasteiger partial charge in [0.1, 0.15) is 11.6 Å². The summed E-state index contributed by atoms with van der Waals surface area (Å²) in [7, 11) is 4.02. The van der Waals surface area contributed by atoms with Crippen molar-refractivity contribution in [2.24, 2.45) is 12.8 Å². The highest BCUT2D eigenvalue weighted by Gasteiger charge is 2.09. The third-order valence-corrected chi connectivity index (χ3v) is 3.21. The van der Waals surface area contributed by atoms with Crippen LogP contribution in [0.5, 0.6) is 0 Å². The Morgan fingerprint density at radius 3 is 2.74 bits per heavy atom. The molecule has 19 heavy (non-hydrogen) atoms. The first kappa shape index (κ1) is 13.5. The van der Waals surface area contributed by atoms with Gasteiger partial charge in [-0.25, -0.2) is 9.97 Å². The first-order valence-electron chi connectivity index (χ1n) is 6.51.